The van der Waals surface area contributed by atoms with Gasteiger partial charge in [0.05, 0.1) is 11.5 Å². The highest BCUT2D eigenvalue weighted by Crippen LogP contribution is 2.38. The SMILES string of the molecule is O=C([O-])c1cccc(NC(=O)c2cccc3c2C(=O)c2ccccc2-3)c1. The number of nitrogens with one attached hydrogen (secondary N) is 1. The largest absolute Gasteiger partial charge is 0.545 e. The summed E-state index contributed by atoms with van der Waals surface area (Å²) in [6.07, 6.45) is 0. The lowest BCUT2D eigenvalue weighted by atomic mass is 10.00. The van der Waals surface area contributed by atoms with E-state index in [1.165, 1.54) is 18.2 Å². The summed E-state index contributed by atoms with van der Waals surface area (Å²) < 4.78 is 0. The Morgan fingerprint density at radius 2 is 1.50 bits per heavy atom. The molecule has 1 amide bonds. The number of carbonyl (C=O) groups is 3. The smallest absolute Gasteiger partial charge is 0.256 e. The van der Waals surface area contributed by atoms with Crippen LogP contribution in [0.25, 0.3) is 11.1 Å². The summed E-state index contributed by atoms with van der Waals surface area (Å²) in [4.78, 5) is 36.4. The Morgan fingerprint density at radius 3 is 2.27 bits per heavy atom. The molecule has 0 aromatic heterocycles. The van der Waals surface area contributed by atoms with Crippen LogP contribution >= 0.6 is 0 Å². The molecule has 3 aromatic rings. The van der Waals surface area contributed by atoms with E-state index >= 15 is 0 Å². The van der Waals surface area contributed by atoms with Gasteiger partial charge in [-0.05, 0) is 34.9 Å². The zero-order valence-corrected chi connectivity index (χ0v) is 13.5. The van der Waals surface area contributed by atoms with Crippen LogP contribution < -0.4 is 10.4 Å². The minimum atomic E-state index is -1.33. The van der Waals surface area contributed by atoms with Crippen LogP contribution in [0, 0.1) is 0 Å². The molecule has 0 bridgehead atoms. The van der Waals surface area contributed by atoms with Gasteiger partial charge >= 0.3 is 0 Å². The average molecular weight is 342 g/mol. The van der Waals surface area contributed by atoms with Crippen LogP contribution in [0.15, 0.2) is 66.7 Å². The topological polar surface area (TPSA) is 86.3 Å². The van der Waals surface area contributed by atoms with E-state index in [-0.39, 0.29) is 16.9 Å². The summed E-state index contributed by atoms with van der Waals surface area (Å²) in [5.74, 6) is -1.99. The van der Waals surface area contributed by atoms with Crippen LogP contribution in [-0.4, -0.2) is 17.7 Å². The number of ketones is 1. The van der Waals surface area contributed by atoms with Gasteiger partial charge in [0.15, 0.2) is 5.78 Å². The van der Waals surface area contributed by atoms with Crippen molar-refractivity contribution in [2.75, 3.05) is 5.32 Å². The Balaban J connectivity index is 1.72. The first kappa shape index (κ1) is 15.8. The van der Waals surface area contributed by atoms with Gasteiger partial charge < -0.3 is 15.2 Å². The van der Waals surface area contributed by atoms with E-state index in [2.05, 4.69) is 5.32 Å². The fourth-order valence-electron chi connectivity index (χ4n) is 3.18. The van der Waals surface area contributed by atoms with Gasteiger partial charge in [-0.15, -0.1) is 0 Å². The molecule has 0 spiro atoms. The van der Waals surface area contributed by atoms with Crippen LogP contribution in [0.3, 0.4) is 0 Å². The predicted molar refractivity (Wildman–Crippen MR) is 94.0 cm³/mol. The highest BCUT2D eigenvalue weighted by atomic mass is 16.4. The van der Waals surface area contributed by atoms with E-state index in [9.17, 15) is 19.5 Å². The Morgan fingerprint density at radius 1 is 0.808 bits per heavy atom. The van der Waals surface area contributed by atoms with Crippen molar-refractivity contribution in [1.29, 1.82) is 0 Å². The number of carboxylic acid groups (broad SMARTS) is 1. The fraction of sp³-hybridized carbons (Fsp3) is 0. The van der Waals surface area contributed by atoms with Crippen LogP contribution in [0.4, 0.5) is 5.69 Å². The molecule has 0 fully saturated rings. The van der Waals surface area contributed by atoms with Gasteiger partial charge in [-0.25, -0.2) is 0 Å². The lowest BCUT2D eigenvalue weighted by Crippen LogP contribution is -2.22. The molecule has 0 heterocycles. The molecular weight excluding hydrogens is 330 g/mol. The van der Waals surface area contributed by atoms with Crippen molar-refractivity contribution >= 4 is 23.3 Å². The van der Waals surface area contributed by atoms with E-state index in [0.29, 0.717) is 16.8 Å². The molecule has 0 aliphatic heterocycles. The summed E-state index contributed by atoms with van der Waals surface area (Å²) in [7, 11) is 0. The van der Waals surface area contributed by atoms with Crippen molar-refractivity contribution in [2.24, 2.45) is 0 Å². The first-order chi connectivity index (χ1) is 12.6. The van der Waals surface area contributed by atoms with Crippen molar-refractivity contribution < 1.29 is 19.5 Å². The third-order valence-electron chi connectivity index (χ3n) is 4.35. The van der Waals surface area contributed by atoms with Crippen LogP contribution in [0.1, 0.15) is 36.6 Å². The molecule has 0 saturated carbocycles. The van der Waals surface area contributed by atoms with E-state index in [1.54, 1.807) is 30.3 Å². The van der Waals surface area contributed by atoms with Crippen molar-refractivity contribution in [3.05, 3.63) is 89.0 Å². The number of carboxylic acids is 1. The molecule has 0 saturated heterocycles. The quantitative estimate of drug-likeness (QED) is 0.620. The van der Waals surface area contributed by atoms with Crippen molar-refractivity contribution in [2.45, 2.75) is 0 Å². The molecule has 5 heteroatoms. The number of aromatic carboxylic acids is 1. The van der Waals surface area contributed by atoms with Crippen LogP contribution in [0.2, 0.25) is 0 Å². The minimum absolute atomic E-state index is 0.0374. The van der Waals surface area contributed by atoms with E-state index < -0.39 is 11.9 Å². The Labute approximate surface area is 148 Å². The molecule has 1 aliphatic carbocycles. The predicted octanol–water partition coefficient (Wildman–Crippen LogP) is 2.51. The maximum atomic E-state index is 12.7. The van der Waals surface area contributed by atoms with Crippen molar-refractivity contribution in [1.82, 2.24) is 0 Å². The standard InChI is InChI=1S/C21H13NO4/c23-19-16-8-2-1-7-14(16)15-9-4-10-17(18(15)19)20(24)22-13-6-3-5-12(11-13)21(25)26/h1-11H,(H,22,24)(H,25,26)/p-1. The number of benzene rings is 3. The Bertz CT molecular complexity index is 1080. The Hall–Kier alpha value is -3.73. The zero-order valence-electron chi connectivity index (χ0n) is 13.5. The minimum Gasteiger partial charge on any atom is -0.545 e. The second kappa shape index (κ2) is 5.97. The molecule has 0 atom stereocenters. The second-order valence-electron chi connectivity index (χ2n) is 5.93. The number of carbonyl (C=O) groups excluding carboxylic acids is 3. The monoisotopic (exact) mass is 342 g/mol. The third kappa shape index (κ3) is 2.46. The molecule has 26 heavy (non-hydrogen) atoms. The third-order valence-corrected chi connectivity index (χ3v) is 4.35. The first-order valence-electron chi connectivity index (χ1n) is 7.96. The Kier molecular flexibility index (Phi) is 3.62. The van der Waals surface area contributed by atoms with E-state index in [1.807, 2.05) is 18.2 Å². The second-order valence-corrected chi connectivity index (χ2v) is 5.93. The molecule has 1 N–H and O–H groups in total. The highest BCUT2D eigenvalue weighted by Gasteiger charge is 2.30. The highest BCUT2D eigenvalue weighted by molar-refractivity contribution is 6.26. The molecule has 0 unspecified atom stereocenters. The lowest BCUT2D eigenvalue weighted by Gasteiger charge is -2.10. The molecular formula is C21H12NO4-. The summed E-state index contributed by atoms with van der Waals surface area (Å²) in [5, 5.41) is 13.6. The van der Waals surface area contributed by atoms with E-state index in [0.717, 1.165) is 11.1 Å². The summed E-state index contributed by atoms with van der Waals surface area (Å²) in [6, 6.07) is 18.1. The zero-order chi connectivity index (χ0) is 18.3. The lowest BCUT2D eigenvalue weighted by molar-refractivity contribution is -0.255. The summed E-state index contributed by atoms with van der Waals surface area (Å²) in [5.41, 5.74) is 3.00. The molecule has 4 rings (SSSR count). The van der Waals surface area contributed by atoms with Gasteiger partial charge in [0, 0.05) is 16.8 Å². The van der Waals surface area contributed by atoms with E-state index in [4.69, 9.17) is 0 Å². The van der Waals surface area contributed by atoms with Crippen LogP contribution in [0.5, 0.6) is 0 Å². The van der Waals surface area contributed by atoms with Crippen LogP contribution in [-0.2, 0) is 0 Å². The van der Waals surface area contributed by atoms with Gasteiger partial charge in [-0.2, -0.15) is 0 Å². The number of anilines is 1. The van der Waals surface area contributed by atoms with Gasteiger partial charge in [-0.1, -0.05) is 48.5 Å². The van der Waals surface area contributed by atoms with Gasteiger partial charge in [0.25, 0.3) is 5.91 Å². The maximum Gasteiger partial charge on any atom is 0.256 e. The summed E-state index contributed by atoms with van der Waals surface area (Å²) in [6.45, 7) is 0. The number of amides is 1. The summed E-state index contributed by atoms with van der Waals surface area (Å²) >= 11 is 0. The van der Waals surface area contributed by atoms with Gasteiger partial charge in [0.2, 0.25) is 0 Å². The molecule has 1 aliphatic rings. The number of hydrogen-bond acceptors (Lipinski definition) is 4. The molecule has 126 valence electrons. The number of rotatable bonds is 3. The van der Waals surface area contributed by atoms with Crippen molar-refractivity contribution in [3.63, 3.8) is 0 Å². The molecule has 5 nitrogen and oxygen atoms in total. The van der Waals surface area contributed by atoms with Gasteiger partial charge in [-0.3, -0.25) is 9.59 Å². The van der Waals surface area contributed by atoms with Crippen molar-refractivity contribution in [3.8, 4) is 11.1 Å². The molecule has 3 aromatic carbocycles. The normalized spacial score (nSPS) is 11.6. The van der Waals surface area contributed by atoms with Gasteiger partial charge in [0.1, 0.15) is 0 Å². The number of fused-ring (bicyclic) bond motifs is 3. The average Bonchev–Trinajstić information content (AvgIpc) is 2.95. The fourth-order valence-corrected chi connectivity index (χ4v) is 3.18. The maximum absolute atomic E-state index is 12.7. The number of hydrogen-bond donors (Lipinski definition) is 1. The molecule has 0 radical (unpaired) electrons. The first-order valence-corrected chi connectivity index (χ1v) is 7.96.